The number of hydrogen-bond acceptors (Lipinski definition) is 3. The number of amides is 1. The quantitative estimate of drug-likeness (QED) is 0.788. The number of nitrogens with zero attached hydrogens (tertiary/aromatic N) is 1. The van der Waals surface area contributed by atoms with Crippen LogP contribution < -0.4 is 5.32 Å². The number of H-pyrrole nitrogens is 1. The zero-order valence-electron chi connectivity index (χ0n) is 11.0. The summed E-state index contributed by atoms with van der Waals surface area (Å²) in [6.07, 6.45) is 4.14. The number of aryl methyl sites for hydroxylation is 1. The molecule has 0 saturated carbocycles. The van der Waals surface area contributed by atoms with E-state index in [1.54, 1.807) is 31.5 Å². The fourth-order valence-electron chi connectivity index (χ4n) is 1.97. The third-order valence-electron chi connectivity index (χ3n) is 3.02. The van der Waals surface area contributed by atoms with E-state index >= 15 is 0 Å². The molecule has 0 aliphatic heterocycles. The fraction of sp³-hybridized carbons (Fsp3) is 0.286. The van der Waals surface area contributed by atoms with E-state index in [-0.39, 0.29) is 17.7 Å². The lowest BCUT2D eigenvalue weighted by Crippen LogP contribution is -2.29. The van der Waals surface area contributed by atoms with Crippen molar-refractivity contribution in [1.29, 1.82) is 0 Å². The molecule has 0 radical (unpaired) electrons. The summed E-state index contributed by atoms with van der Waals surface area (Å²) in [5.41, 5.74) is 1.30. The number of phenolic OH excluding ortho intramolecular Hbond substituents is 1. The van der Waals surface area contributed by atoms with Gasteiger partial charge in [0.05, 0.1) is 6.04 Å². The summed E-state index contributed by atoms with van der Waals surface area (Å²) >= 11 is 0. The van der Waals surface area contributed by atoms with Crippen LogP contribution in [0.15, 0.2) is 30.6 Å². The van der Waals surface area contributed by atoms with Crippen LogP contribution in [0.2, 0.25) is 0 Å². The number of nitrogens with one attached hydrogen (secondary N) is 2. The van der Waals surface area contributed by atoms with E-state index < -0.39 is 0 Å². The third-order valence-corrected chi connectivity index (χ3v) is 3.02. The van der Waals surface area contributed by atoms with E-state index in [2.05, 4.69) is 15.3 Å². The molecule has 0 aliphatic carbocycles. The van der Waals surface area contributed by atoms with E-state index in [1.165, 1.54) is 6.07 Å². The van der Waals surface area contributed by atoms with Crippen molar-refractivity contribution < 1.29 is 9.90 Å². The number of hydrogen-bond donors (Lipinski definition) is 3. The number of carbonyl (C=O) groups excluding carboxylic acids is 1. The smallest absolute Gasteiger partial charge is 0.252 e. The first-order valence-electron chi connectivity index (χ1n) is 6.21. The molecule has 1 heterocycles. The van der Waals surface area contributed by atoms with Gasteiger partial charge >= 0.3 is 0 Å². The number of aromatic hydroxyl groups is 1. The first kappa shape index (κ1) is 13.1. The minimum atomic E-state index is -0.166. The summed E-state index contributed by atoms with van der Waals surface area (Å²) < 4.78 is 0. The summed E-state index contributed by atoms with van der Waals surface area (Å²) in [6, 6.07) is 4.56. The van der Waals surface area contributed by atoms with Crippen molar-refractivity contribution in [2.75, 3.05) is 0 Å². The van der Waals surface area contributed by atoms with E-state index in [1.807, 2.05) is 6.92 Å². The monoisotopic (exact) mass is 259 g/mol. The maximum Gasteiger partial charge on any atom is 0.252 e. The molecule has 5 nitrogen and oxygen atoms in total. The Hall–Kier alpha value is -2.30. The second kappa shape index (κ2) is 5.56. The van der Waals surface area contributed by atoms with Crippen LogP contribution in [0.5, 0.6) is 5.75 Å². The van der Waals surface area contributed by atoms with Gasteiger partial charge in [-0.15, -0.1) is 0 Å². The third kappa shape index (κ3) is 2.93. The van der Waals surface area contributed by atoms with Gasteiger partial charge in [0.1, 0.15) is 11.6 Å². The molecule has 2 rings (SSSR count). The Balaban J connectivity index is 2.16. The Kier molecular flexibility index (Phi) is 3.85. The summed E-state index contributed by atoms with van der Waals surface area (Å²) in [6.45, 7) is 3.78. The average molecular weight is 259 g/mol. The minimum absolute atomic E-state index is 0.143. The Morgan fingerprint density at radius 1 is 1.53 bits per heavy atom. The molecule has 19 heavy (non-hydrogen) atoms. The SMILES string of the molecule is CCC(NC(=O)c1ccc(O)cc1C)c1ncc[nH]1. The highest BCUT2D eigenvalue weighted by Crippen LogP contribution is 2.18. The van der Waals surface area contributed by atoms with E-state index in [9.17, 15) is 9.90 Å². The summed E-state index contributed by atoms with van der Waals surface area (Å²) in [7, 11) is 0. The van der Waals surface area contributed by atoms with Crippen LogP contribution in [0.4, 0.5) is 0 Å². The molecule has 0 aliphatic rings. The molecule has 1 aromatic carbocycles. The lowest BCUT2D eigenvalue weighted by molar-refractivity contribution is 0.0933. The lowest BCUT2D eigenvalue weighted by Gasteiger charge is -2.15. The van der Waals surface area contributed by atoms with Crippen molar-refractivity contribution in [2.24, 2.45) is 0 Å². The number of aromatic amines is 1. The second-order valence-electron chi connectivity index (χ2n) is 4.41. The van der Waals surface area contributed by atoms with Gasteiger partial charge in [0.2, 0.25) is 0 Å². The van der Waals surface area contributed by atoms with Crippen LogP contribution in [-0.4, -0.2) is 21.0 Å². The van der Waals surface area contributed by atoms with Crippen LogP contribution in [-0.2, 0) is 0 Å². The van der Waals surface area contributed by atoms with Crippen molar-refractivity contribution in [2.45, 2.75) is 26.3 Å². The summed E-state index contributed by atoms with van der Waals surface area (Å²) in [4.78, 5) is 19.4. The molecule has 2 aromatic rings. The van der Waals surface area contributed by atoms with Gasteiger partial charge in [-0.1, -0.05) is 6.92 Å². The van der Waals surface area contributed by atoms with Crippen LogP contribution in [0, 0.1) is 6.92 Å². The number of rotatable bonds is 4. The molecule has 3 N–H and O–H groups in total. The number of phenols is 1. The molecule has 5 heteroatoms. The van der Waals surface area contributed by atoms with Crippen LogP contribution >= 0.6 is 0 Å². The Morgan fingerprint density at radius 3 is 2.89 bits per heavy atom. The normalized spacial score (nSPS) is 12.1. The zero-order valence-corrected chi connectivity index (χ0v) is 11.0. The van der Waals surface area contributed by atoms with Crippen LogP contribution in [0.25, 0.3) is 0 Å². The first-order chi connectivity index (χ1) is 9.11. The van der Waals surface area contributed by atoms with Crippen molar-refractivity contribution in [3.63, 3.8) is 0 Å². The molecule has 1 atom stereocenters. The molecule has 0 bridgehead atoms. The predicted octanol–water partition coefficient (Wildman–Crippen LogP) is 2.30. The maximum absolute atomic E-state index is 12.2. The van der Waals surface area contributed by atoms with Crippen molar-refractivity contribution in [3.05, 3.63) is 47.5 Å². The fourth-order valence-corrected chi connectivity index (χ4v) is 1.97. The second-order valence-corrected chi connectivity index (χ2v) is 4.41. The molecular formula is C14H17N3O2. The van der Waals surface area contributed by atoms with Gasteiger partial charge < -0.3 is 15.4 Å². The largest absolute Gasteiger partial charge is 0.508 e. The highest BCUT2D eigenvalue weighted by atomic mass is 16.3. The number of carbonyl (C=O) groups is 1. The van der Waals surface area contributed by atoms with Gasteiger partial charge in [0.25, 0.3) is 5.91 Å². The van der Waals surface area contributed by atoms with Crippen molar-refractivity contribution in [3.8, 4) is 5.75 Å². The van der Waals surface area contributed by atoms with Crippen molar-refractivity contribution in [1.82, 2.24) is 15.3 Å². The molecule has 0 saturated heterocycles. The Bertz CT molecular complexity index is 564. The molecule has 0 spiro atoms. The van der Waals surface area contributed by atoms with Crippen LogP contribution in [0.3, 0.4) is 0 Å². The summed E-state index contributed by atoms with van der Waals surface area (Å²) in [5.74, 6) is 0.736. The van der Waals surface area contributed by atoms with Gasteiger partial charge in [-0.25, -0.2) is 4.98 Å². The Labute approximate surface area is 111 Å². The van der Waals surface area contributed by atoms with Gasteiger partial charge in [-0.3, -0.25) is 4.79 Å². The zero-order chi connectivity index (χ0) is 13.8. The predicted molar refractivity (Wildman–Crippen MR) is 71.9 cm³/mol. The van der Waals surface area contributed by atoms with Gasteiger partial charge in [0.15, 0.2) is 0 Å². The van der Waals surface area contributed by atoms with Gasteiger partial charge in [-0.2, -0.15) is 0 Å². The Morgan fingerprint density at radius 2 is 2.32 bits per heavy atom. The van der Waals surface area contributed by atoms with E-state index in [4.69, 9.17) is 0 Å². The highest BCUT2D eigenvalue weighted by molar-refractivity contribution is 5.96. The van der Waals surface area contributed by atoms with E-state index in [0.717, 1.165) is 17.8 Å². The minimum Gasteiger partial charge on any atom is -0.508 e. The molecule has 1 aromatic heterocycles. The molecule has 1 unspecified atom stereocenters. The van der Waals surface area contributed by atoms with Gasteiger partial charge in [0, 0.05) is 18.0 Å². The van der Waals surface area contributed by atoms with Gasteiger partial charge in [-0.05, 0) is 37.1 Å². The number of aromatic nitrogens is 2. The average Bonchev–Trinajstić information content (AvgIpc) is 2.89. The van der Waals surface area contributed by atoms with E-state index in [0.29, 0.717) is 5.56 Å². The standard InChI is InChI=1S/C14H17N3O2/c1-3-12(13-15-6-7-16-13)17-14(19)11-5-4-10(18)8-9(11)2/h4-8,12,18H,3H2,1-2H3,(H,15,16)(H,17,19). The van der Waals surface area contributed by atoms with Crippen molar-refractivity contribution >= 4 is 5.91 Å². The van der Waals surface area contributed by atoms with Crippen LogP contribution in [0.1, 0.15) is 41.1 Å². The lowest BCUT2D eigenvalue weighted by atomic mass is 10.1. The molecular weight excluding hydrogens is 242 g/mol. The topological polar surface area (TPSA) is 78.0 Å². The summed E-state index contributed by atoms with van der Waals surface area (Å²) in [5, 5.41) is 12.3. The molecule has 0 fully saturated rings. The molecule has 1 amide bonds. The first-order valence-corrected chi connectivity index (χ1v) is 6.21. The molecule has 100 valence electrons. The maximum atomic E-state index is 12.2. The number of imidazole rings is 1. The highest BCUT2D eigenvalue weighted by Gasteiger charge is 2.17. The number of benzene rings is 1.